The van der Waals surface area contributed by atoms with Crippen LogP contribution in [0.5, 0.6) is 0 Å². The summed E-state index contributed by atoms with van der Waals surface area (Å²) in [5.41, 5.74) is 0. The van der Waals surface area contributed by atoms with Crippen LogP contribution in [0.1, 0.15) is 46.0 Å². The van der Waals surface area contributed by atoms with Crippen molar-refractivity contribution in [2.45, 2.75) is 52.0 Å². The van der Waals surface area contributed by atoms with Crippen molar-refractivity contribution in [3.8, 4) is 0 Å². The Morgan fingerprint density at radius 2 is 2.00 bits per heavy atom. The minimum absolute atomic E-state index is 0. The predicted molar refractivity (Wildman–Crippen MR) is 92.4 cm³/mol. The van der Waals surface area contributed by atoms with Crippen molar-refractivity contribution in [3.05, 3.63) is 0 Å². The van der Waals surface area contributed by atoms with Crippen molar-refractivity contribution in [3.63, 3.8) is 0 Å². The van der Waals surface area contributed by atoms with Crippen LogP contribution in [0.4, 0.5) is 0 Å². The number of aliphatic imine (C=N–C) groups is 1. The highest BCUT2D eigenvalue weighted by Gasteiger charge is 2.15. The van der Waals surface area contributed by atoms with E-state index in [-0.39, 0.29) is 24.0 Å². The Labute approximate surface area is 135 Å². The van der Waals surface area contributed by atoms with Gasteiger partial charge in [0.25, 0.3) is 0 Å². The zero-order chi connectivity index (χ0) is 13.2. The highest BCUT2D eigenvalue weighted by Crippen LogP contribution is 2.17. The lowest BCUT2D eigenvalue weighted by Crippen LogP contribution is -2.42. The van der Waals surface area contributed by atoms with Crippen LogP contribution < -0.4 is 10.6 Å². The molecule has 1 aliphatic rings. The second-order valence-corrected chi connectivity index (χ2v) is 5.45. The van der Waals surface area contributed by atoms with Gasteiger partial charge in [-0.25, -0.2) is 0 Å². The lowest BCUT2D eigenvalue weighted by Gasteiger charge is -2.16. The largest absolute Gasteiger partial charge is 0.381 e. The Bertz CT molecular complexity index is 241. The summed E-state index contributed by atoms with van der Waals surface area (Å²) in [4.78, 5) is 4.25. The fourth-order valence-corrected chi connectivity index (χ4v) is 2.16. The first-order valence-electron chi connectivity index (χ1n) is 7.27. The second kappa shape index (κ2) is 11.8. The van der Waals surface area contributed by atoms with E-state index in [0.717, 1.165) is 32.1 Å². The molecule has 0 bridgehead atoms. The number of rotatable bonds is 7. The summed E-state index contributed by atoms with van der Waals surface area (Å²) in [7, 11) is 1.83. The van der Waals surface area contributed by atoms with Gasteiger partial charge in [-0.3, -0.25) is 4.99 Å². The summed E-state index contributed by atoms with van der Waals surface area (Å²) >= 11 is 0. The normalized spacial score (nSPS) is 16.5. The van der Waals surface area contributed by atoms with Gasteiger partial charge in [0.15, 0.2) is 5.96 Å². The molecule has 5 heteroatoms. The zero-order valence-corrected chi connectivity index (χ0v) is 14.9. The first-order valence-corrected chi connectivity index (χ1v) is 7.27. The summed E-state index contributed by atoms with van der Waals surface area (Å²) < 4.78 is 5.54. The fraction of sp³-hybridized carbons (Fsp3) is 0.929. The molecular formula is C14H30IN3O. The number of hydrogen-bond acceptors (Lipinski definition) is 2. The molecule has 0 aliphatic heterocycles. The summed E-state index contributed by atoms with van der Waals surface area (Å²) in [6.07, 6.45) is 6.27. The van der Waals surface area contributed by atoms with Gasteiger partial charge >= 0.3 is 0 Å². The van der Waals surface area contributed by atoms with E-state index in [1.165, 1.54) is 25.7 Å². The molecule has 4 nitrogen and oxygen atoms in total. The summed E-state index contributed by atoms with van der Waals surface area (Å²) in [6.45, 7) is 6.95. The molecule has 0 atom stereocenters. The third-order valence-electron chi connectivity index (χ3n) is 3.13. The molecule has 0 aromatic rings. The van der Waals surface area contributed by atoms with Gasteiger partial charge in [-0.05, 0) is 25.2 Å². The molecule has 1 saturated carbocycles. The molecule has 0 unspecified atom stereocenters. The average Bonchev–Trinajstić information content (AvgIpc) is 2.84. The molecule has 1 aliphatic carbocycles. The number of guanidine groups is 1. The standard InChI is InChI=1S/C14H29N3O.HI/c1-12(2)11-18-10-6-9-16-14(15-3)17-13-7-4-5-8-13;/h12-13H,4-11H2,1-3H3,(H2,15,16,17);1H. The number of hydrogen-bond donors (Lipinski definition) is 2. The molecule has 1 fully saturated rings. The molecule has 0 aromatic carbocycles. The zero-order valence-electron chi connectivity index (χ0n) is 12.6. The van der Waals surface area contributed by atoms with Crippen LogP contribution in [0.15, 0.2) is 4.99 Å². The number of halogens is 1. The van der Waals surface area contributed by atoms with E-state index in [4.69, 9.17) is 4.74 Å². The molecule has 1 rings (SSSR count). The summed E-state index contributed by atoms with van der Waals surface area (Å²) in [5, 5.41) is 6.82. The van der Waals surface area contributed by atoms with Gasteiger partial charge in [0.2, 0.25) is 0 Å². The van der Waals surface area contributed by atoms with Crippen molar-refractivity contribution in [2.75, 3.05) is 26.8 Å². The van der Waals surface area contributed by atoms with Crippen LogP contribution in [0.25, 0.3) is 0 Å². The van der Waals surface area contributed by atoms with Gasteiger partial charge in [0, 0.05) is 32.8 Å². The first kappa shape index (κ1) is 19.0. The third kappa shape index (κ3) is 9.49. The Balaban J connectivity index is 0.00000324. The molecule has 0 spiro atoms. The Hall–Kier alpha value is -0.0400. The van der Waals surface area contributed by atoms with E-state index < -0.39 is 0 Å². The van der Waals surface area contributed by atoms with E-state index in [9.17, 15) is 0 Å². The van der Waals surface area contributed by atoms with Crippen LogP contribution in [-0.4, -0.2) is 38.8 Å². The Morgan fingerprint density at radius 3 is 2.58 bits per heavy atom. The second-order valence-electron chi connectivity index (χ2n) is 5.45. The van der Waals surface area contributed by atoms with Crippen molar-refractivity contribution < 1.29 is 4.74 Å². The Kier molecular flexibility index (Phi) is 11.7. The minimum atomic E-state index is 0. The fourth-order valence-electron chi connectivity index (χ4n) is 2.16. The number of ether oxygens (including phenoxy) is 1. The van der Waals surface area contributed by atoms with Crippen molar-refractivity contribution >= 4 is 29.9 Å². The molecule has 0 aromatic heterocycles. The molecule has 0 saturated heterocycles. The van der Waals surface area contributed by atoms with Crippen LogP contribution in [0.3, 0.4) is 0 Å². The third-order valence-corrected chi connectivity index (χ3v) is 3.13. The van der Waals surface area contributed by atoms with E-state index in [1.54, 1.807) is 0 Å². The maximum Gasteiger partial charge on any atom is 0.191 e. The molecule has 0 heterocycles. The average molecular weight is 383 g/mol. The van der Waals surface area contributed by atoms with Gasteiger partial charge in [-0.1, -0.05) is 26.7 Å². The molecule has 2 N–H and O–H groups in total. The highest BCUT2D eigenvalue weighted by molar-refractivity contribution is 14.0. The highest BCUT2D eigenvalue weighted by atomic mass is 127. The molecular weight excluding hydrogens is 353 g/mol. The van der Waals surface area contributed by atoms with E-state index in [0.29, 0.717) is 12.0 Å². The quantitative estimate of drug-likeness (QED) is 0.308. The molecule has 0 radical (unpaired) electrons. The van der Waals surface area contributed by atoms with Gasteiger partial charge in [-0.2, -0.15) is 0 Å². The van der Waals surface area contributed by atoms with Crippen molar-refractivity contribution in [2.24, 2.45) is 10.9 Å². The minimum Gasteiger partial charge on any atom is -0.381 e. The van der Waals surface area contributed by atoms with Crippen LogP contribution in [0.2, 0.25) is 0 Å². The summed E-state index contributed by atoms with van der Waals surface area (Å²) in [5.74, 6) is 1.56. The van der Waals surface area contributed by atoms with Crippen LogP contribution in [-0.2, 0) is 4.74 Å². The van der Waals surface area contributed by atoms with Crippen molar-refractivity contribution in [1.29, 1.82) is 0 Å². The van der Waals surface area contributed by atoms with E-state index in [1.807, 2.05) is 7.05 Å². The molecule has 19 heavy (non-hydrogen) atoms. The lowest BCUT2D eigenvalue weighted by atomic mass is 10.2. The monoisotopic (exact) mass is 383 g/mol. The number of nitrogens with zero attached hydrogens (tertiary/aromatic N) is 1. The van der Waals surface area contributed by atoms with Gasteiger partial charge in [-0.15, -0.1) is 24.0 Å². The number of nitrogens with one attached hydrogen (secondary N) is 2. The first-order chi connectivity index (χ1) is 8.72. The van der Waals surface area contributed by atoms with Crippen LogP contribution in [0, 0.1) is 5.92 Å². The maximum atomic E-state index is 5.54. The summed E-state index contributed by atoms with van der Waals surface area (Å²) in [6, 6.07) is 0.619. The molecule has 0 amide bonds. The predicted octanol–water partition coefficient (Wildman–Crippen LogP) is 2.77. The maximum absolute atomic E-state index is 5.54. The van der Waals surface area contributed by atoms with Gasteiger partial charge in [0.1, 0.15) is 0 Å². The van der Waals surface area contributed by atoms with Gasteiger partial charge < -0.3 is 15.4 Å². The lowest BCUT2D eigenvalue weighted by molar-refractivity contribution is 0.108. The van der Waals surface area contributed by atoms with E-state index >= 15 is 0 Å². The van der Waals surface area contributed by atoms with Crippen molar-refractivity contribution in [1.82, 2.24) is 10.6 Å². The molecule has 114 valence electrons. The van der Waals surface area contributed by atoms with Crippen LogP contribution >= 0.6 is 24.0 Å². The SMILES string of the molecule is CN=C(NCCCOCC(C)C)NC1CCCC1.I. The Morgan fingerprint density at radius 1 is 1.32 bits per heavy atom. The topological polar surface area (TPSA) is 45.7 Å². The van der Waals surface area contributed by atoms with Gasteiger partial charge in [0.05, 0.1) is 0 Å². The smallest absolute Gasteiger partial charge is 0.191 e. The van der Waals surface area contributed by atoms with E-state index in [2.05, 4.69) is 29.5 Å².